The van der Waals surface area contributed by atoms with Crippen LogP contribution in [0.1, 0.15) is 38.2 Å². The molecule has 0 aromatic heterocycles. The van der Waals surface area contributed by atoms with Crippen LogP contribution in [-0.4, -0.2) is 24.5 Å². The van der Waals surface area contributed by atoms with Crippen LogP contribution in [0.15, 0.2) is 24.3 Å². The SMILES string of the molecule is CCOC(=O)CCC(=O)Cc1ccc(OC2CC2)cc1. The lowest BCUT2D eigenvalue weighted by Gasteiger charge is -2.06. The molecule has 1 fully saturated rings. The maximum Gasteiger partial charge on any atom is 0.306 e. The number of ketones is 1. The van der Waals surface area contributed by atoms with Crippen molar-refractivity contribution in [3.8, 4) is 5.75 Å². The predicted octanol–water partition coefficient (Wildman–Crippen LogP) is 2.68. The lowest BCUT2D eigenvalue weighted by Crippen LogP contribution is -2.09. The van der Waals surface area contributed by atoms with E-state index < -0.39 is 0 Å². The minimum Gasteiger partial charge on any atom is -0.490 e. The van der Waals surface area contributed by atoms with Crippen LogP contribution in [-0.2, 0) is 20.7 Å². The van der Waals surface area contributed by atoms with Crippen molar-refractivity contribution in [1.29, 1.82) is 0 Å². The first kappa shape index (κ1) is 14.6. The normalized spacial score (nSPS) is 13.8. The average Bonchev–Trinajstić information content (AvgIpc) is 3.23. The highest BCUT2D eigenvalue weighted by Crippen LogP contribution is 2.26. The van der Waals surface area contributed by atoms with Crippen molar-refractivity contribution < 1.29 is 19.1 Å². The van der Waals surface area contributed by atoms with Gasteiger partial charge in [-0.15, -0.1) is 0 Å². The summed E-state index contributed by atoms with van der Waals surface area (Å²) < 4.78 is 10.4. The van der Waals surface area contributed by atoms with Gasteiger partial charge < -0.3 is 9.47 Å². The van der Waals surface area contributed by atoms with Crippen molar-refractivity contribution in [3.05, 3.63) is 29.8 Å². The fourth-order valence-corrected chi connectivity index (χ4v) is 1.85. The first-order valence-electron chi connectivity index (χ1n) is 7.10. The fourth-order valence-electron chi connectivity index (χ4n) is 1.85. The second-order valence-corrected chi connectivity index (χ2v) is 4.98. The van der Waals surface area contributed by atoms with Gasteiger partial charge in [0.25, 0.3) is 0 Å². The van der Waals surface area contributed by atoms with E-state index in [2.05, 4.69) is 0 Å². The predicted molar refractivity (Wildman–Crippen MR) is 74.7 cm³/mol. The zero-order chi connectivity index (χ0) is 14.4. The van der Waals surface area contributed by atoms with Crippen LogP contribution in [0.4, 0.5) is 0 Å². The number of benzene rings is 1. The number of carbonyl (C=O) groups is 2. The van der Waals surface area contributed by atoms with Crippen molar-refractivity contribution in [2.45, 2.75) is 45.1 Å². The van der Waals surface area contributed by atoms with Crippen LogP contribution in [0.2, 0.25) is 0 Å². The van der Waals surface area contributed by atoms with Crippen LogP contribution in [0, 0.1) is 0 Å². The van der Waals surface area contributed by atoms with E-state index in [1.165, 1.54) is 0 Å². The molecule has 0 spiro atoms. The van der Waals surface area contributed by atoms with Gasteiger partial charge in [0.05, 0.1) is 19.1 Å². The van der Waals surface area contributed by atoms with E-state index in [0.717, 1.165) is 24.2 Å². The minimum atomic E-state index is -0.311. The summed E-state index contributed by atoms with van der Waals surface area (Å²) in [6.07, 6.45) is 3.40. The Morgan fingerprint density at radius 1 is 1.15 bits per heavy atom. The van der Waals surface area contributed by atoms with Crippen LogP contribution >= 0.6 is 0 Å². The van der Waals surface area contributed by atoms with Gasteiger partial charge in [-0.3, -0.25) is 9.59 Å². The quantitative estimate of drug-likeness (QED) is 0.685. The number of carbonyl (C=O) groups excluding carboxylic acids is 2. The van der Waals surface area contributed by atoms with Gasteiger partial charge in [0, 0.05) is 12.8 Å². The molecule has 0 unspecified atom stereocenters. The molecule has 0 bridgehead atoms. The van der Waals surface area contributed by atoms with E-state index in [4.69, 9.17) is 9.47 Å². The molecule has 1 saturated carbocycles. The topological polar surface area (TPSA) is 52.6 Å². The largest absolute Gasteiger partial charge is 0.490 e. The second-order valence-electron chi connectivity index (χ2n) is 4.98. The summed E-state index contributed by atoms with van der Waals surface area (Å²) in [6, 6.07) is 7.60. The van der Waals surface area contributed by atoms with Gasteiger partial charge in [-0.1, -0.05) is 12.1 Å². The number of rotatable bonds is 8. The zero-order valence-corrected chi connectivity index (χ0v) is 11.8. The molecule has 0 atom stereocenters. The number of hydrogen-bond acceptors (Lipinski definition) is 4. The maximum atomic E-state index is 11.8. The van der Waals surface area contributed by atoms with Crippen molar-refractivity contribution in [2.75, 3.05) is 6.61 Å². The highest BCUT2D eigenvalue weighted by atomic mass is 16.5. The molecule has 0 radical (unpaired) electrons. The van der Waals surface area contributed by atoms with Crippen molar-refractivity contribution in [3.63, 3.8) is 0 Å². The first-order chi connectivity index (χ1) is 9.67. The number of hydrogen-bond donors (Lipinski definition) is 0. The van der Waals surface area contributed by atoms with E-state index >= 15 is 0 Å². The molecule has 108 valence electrons. The molecular weight excluding hydrogens is 256 g/mol. The van der Waals surface area contributed by atoms with E-state index in [9.17, 15) is 9.59 Å². The molecule has 0 saturated heterocycles. The number of esters is 1. The Labute approximate surface area is 119 Å². The molecule has 1 aliphatic rings. The monoisotopic (exact) mass is 276 g/mol. The summed E-state index contributed by atoms with van der Waals surface area (Å²) in [6.45, 7) is 2.11. The van der Waals surface area contributed by atoms with Crippen molar-refractivity contribution >= 4 is 11.8 Å². The Morgan fingerprint density at radius 2 is 1.85 bits per heavy atom. The van der Waals surface area contributed by atoms with Gasteiger partial charge in [0.1, 0.15) is 11.5 Å². The van der Waals surface area contributed by atoms with E-state index in [1.54, 1.807) is 6.92 Å². The Hall–Kier alpha value is -1.84. The molecular formula is C16H20O4. The Kier molecular flexibility index (Phi) is 5.16. The van der Waals surface area contributed by atoms with E-state index in [-0.39, 0.29) is 24.6 Å². The molecule has 20 heavy (non-hydrogen) atoms. The number of ether oxygens (including phenoxy) is 2. The standard InChI is InChI=1S/C16H20O4/c1-2-19-16(18)10-5-13(17)11-12-3-6-14(7-4-12)20-15-8-9-15/h3-4,6-7,15H,2,5,8-11H2,1H3. The van der Waals surface area contributed by atoms with Gasteiger partial charge in [0.15, 0.2) is 0 Å². The Bertz CT molecular complexity index is 460. The van der Waals surface area contributed by atoms with Crippen LogP contribution in [0.5, 0.6) is 5.75 Å². The van der Waals surface area contributed by atoms with E-state index in [0.29, 0.717) is 19.1 Å². The van der Waals surface area contributed by atoms with Gasteiger partial charge in [-0.25, -0.2) is 0 Å². The third kappa shape index (κ3) is 5.03. The summed E-state index contributed by atoms with van der Waals surface area (Å²) in [5, 5.41) is 0. The minimum absolute atomic E-state index is 0.0499. The zero-order valence-electron chi connectivity index (χ0n) is 11.8. The summed E-state index contributed by atoms with van der Waals surface area (Å²) in [5.41, 5.74) is 0.946. The first-order valence-corrected chi connectivity index (χ1v) is 7.10. The molecule has 1 aromatic carbocycles. The Morgan fingerprint density at radius 3 is 2.45 bits per heavy atom. The lowest BCUT2D eigenvalue weighted by molar-refractivity contribution is -0.144. The molecule has 4 heteroatoms. The van der Waals surface area contributed by atoms with Gasteiger partial charge >= 0.3 is 5.97 Å². The molecule has 0 aliphatic heterocycles. The second kappa shape index (κ2) is 7.08. The molecule has 1 aliphatic carbocycles. The smallest absolute Gasteiger partial charge is 0.306 e. The molecule has 0 amide bonds. The summed E-state index contributed by atoms with van der Waals surface area (Å²) in [4.78, 5) is 22.9. The third-order valence-corrected chi connectivity index (χ3v) is 3.07. The van der Waals surface area contributed by atoms with Crippen LogP contribution in [0.25, 0.3) is 0 Å². The maximum absolute atomic E-state index is 11.8. The molecule has 0 heterocycles. The van der Waals surface area contributed by atoms with Crippen LogP contribution < -0.4 is 4.74 Å². The summed E-state index contributed by atoms with van der Waals surface area (Å²) in [5.74, 6) is 0.596. The molecule has 1 aromatic rings. The van der Waals surface area contributed by atoms with Crippen molar-refractivity contribution in [1.82, 2.24) is 0 Å². The number of Topliss-reactive ketones (excluding diaryl/α,β-unsaturated/α-hetero) is 1. The highest BCUT2D eigenvalue weighted by Gasteiger charge is 2.23. The lowest BCUT2D eigenvalue weighted by atomic mass is 10.1. The van der Waals surface area contributed by atoms with Gasteiger partial charge in [-0.05, 0) is 37.5 Å². The third-order valence-electron chi connectivity index (χ3n) is 3.07. The molecule has 4 nitrogen and oxygen atoms in total. The van der Waals surface area contributed by atoms with Gasteiger partial charge in [-0.2, -0.15) is 0 Å². The van der Waals surface area contributed by atoms with Crippen LogP contribution in [0.3, 0.4) is 0 Å². The molecule has 0 N–H and O–H groups in total. The highest BCUT2D eigenvalue weighted by molar-refractivity contribution is 5.84. The fraction of sp³-hybridized carbons (Fsp3) is 0.500. The molecule has 2 rings (SSSR count). The van der Waals surface area contributed by atoms with Crippen molar-refractivity contribution in [2.24, 2.45) is 0 Å². The Balaban J connectivity index is 1.74. The summed E-state index contributed by atoms with van der Waals surface area (Å²) >= 11 is 0. The average molecular weight is 276 g/mol. The summed E-state index contributed by atoms with van der Waals surface area (Å²) in [7, 11) is 0. The van der Waals surface area contributed by atoms with E-state index in [1.807, 2.05) is 24.3 Å². The van der Waals surface area contributed by atoms with Gasteiger partial charge in [0.2, 0.25) is 0 Å².